The minimum Gasteiger partial charge on any atom is -0.298 e. The molecular weight excluding hydrogens is 355 g/mol. The van der Waals surface area contributed by atoms with Gasteiger partial charge in [-0.2, -0.15) is 0 Å². The Morgan fingerprint density at radius 2 is 2.00 bits per heavy atom. The Hall–Kier alpha value is -1.15. The van der Waals surface area contributed by atoms with Gasteiger partial charge in [-0.05, 0) is 31.5 Å². The number of hydrogen-bond acceptors (Lipinski definition) is 5. The predicted octanol–water partition coefficient (Wildman–Crippen LogP) is 3.59. The van der Waals surface area contributed by atoms with Gasteiger partial charge in [0.1, 0.15) is 0 Å². The summed E-state index contributed by atoms with van der Waals surface area (Å²) >= 11 is 6.76. The van der Waals surface area contributed by atoms with Crippen molar-refractivity contribution in [2.75, 3.05) is 5.32 Å². The molecule has 1 heterocycles. The van der Waals surface area contributed by atoms with Crippen LogP contribution in [0.15, 0.2) is 22.4 Å². The van der Waals surface area contributed by atoms with Crippen LogP contribution in [0.3, 0.4) is 0 Å². The first-order valence-electron chi connectivity index (χ1n) is 5.68. The summed E-state index contributed by atoms with van der Waals surface area (Å²) in [6.45, 7) is 3.33. The summed E-state index contributed by atoms with van der Waals surface area (Å²) in [5.41, 5.74) is 1.45. The molecule has 0 radical (unpaired) electrons. The van der Waals surface area contributed by atoms with E-state index in [0.29, 0.717) is 10.6 Å². The molecule has 0 aliphatic rings. The van der Waals surface area contributed by atoms with Gasteiger partial charge in [0.2, 0.25) is 0 Å². The number of aromatic nitrogens is 1. The number of benzene rings is 1. The third-order valence-electron chi connectivity index (χ3n) is 2.63. The van der Waals surface area contributed by atoms with Crippen LogP contribution in [0, 0.1) is 13.8 Å². The molecule has 0 fully saturated rings. The molecule has 0 aliphatic carbocycles. The lowest BCUT2D eigenvalue weighted by Gasteiger charge is -2.03. The lowest BCUT2D eigenvalue weighted by molar-refractivity contribution is 0.102. The maximum absolute atomic E-state index is 12.1. The molecular formula is C12H10Cl2N2O3S2. The summed E-state index contributed by atoms with van der Waals surface area (Å²) in [4.78, 5) is 16.0. The van der Waals surface area contributed by atoms with E-state index in [2.05, 4.69) is 10.3 Å². The molecule has 9 heteroatoms. The van der Waals surface area contributed by atoms with E-state index in [1.54, 1.807) is 12.1 Å². The van der Waals surface area contributed by atoms with Gasteiger partial charge >= 0.3 is 0 Å². The Labute approximate surface area is 135 Å². The molecule has 2 aromatic rings. The zero-order chi connectivity index (χ0) is 15.8. The van der Waals surface area contributed by atoms with Crippen molar-refractivity contribution in [2.45, 2.75) is 18.1 Å². The Bertz CT molecular complexity index is 816. The lowest BCUT2D eigenvalue weighted by Crippen LogP contribution is -2.11. The second-order valence-electron chi connectivity index (χ2n) is 4.25. The highest BCUT2D eigenvalue weighted by molar-refractivity contribution is 8.15. The van der Waals surface area contributed by atoms with Crippen molar-refractivity contribution in [3.8, 4) is 0 Å². The van der Waals surface area contributed by atoms with Gasteiger partial charge in [-0.1, -0.05) is 29.0 Å². The molecule has 0 spiro atoms. The topological polar surface area (TPSA) is 76.1 Å². The van der Waals surface area contributed by atoms with Crippen LogP contribution >= 0.6 is 33.6 Å². The highest BCUT2D eigenvalue weighted by Gasteiger charge is 2.20. The van der Waals surface area contributed by atoms with Crippen LogP contribution < -0.4 is 5.32 Å². The van der Waals surface area contributed by atoms with Gasteiger partial charge in [0, 0.05) is 21.3 Å². The number of anilines is 1. The number of nitrogens with one attached hydrogen (secondary N) is 1. The van der Waals surface area contributed by atoms with E-state index >= 15 is 0 Å². The number of amides is 1. The molecule has 0 saturated carbocycles. The molecule has 112 valence electrons. The van der Waals surface area contributed by atoms with Crippen molar-refractivity contribution in [2.24, 2.45) is 0 Å². The second-order valence-corrected chi connectivity index (χ2v) is 8.42. The van der Waals surface area contributed by atoms with E-state index in [1.165, 1.54) is 13.0 Å². The summed E-state index contributed by atoms with van der Waals surface area (Å²) < 4.78 is 22.5. The molecule has 1 aromatic heterocycles. The highest BCUT2D eigenvalue weighted by Crippen LogP contribution is 2.30. The van der Waals surface area contributed by atoms with Gasteiger partial charge in [0.15, 0.2) is 9.34 Å². The normalized spacial score (nSPS) is 11.4. The van der Waals surface area contributed by atoms with Gasteiger partial charge in [-0.25, -0.2) is 13.4 Å². The average Bonchev–Trinajstić information content (AvgIpc) is 2.73. The summed E-state index contributed by atoms with van der Waals surface area (Å²) in [7, 11) is 1.41. The zero-order valence-electron chi connectivity index (χ0n) is 11.0. The first-order valence-corrected chi connectivity index (χ1v) is 9.18. The number of halogens is 2. The van der Waals surface area contributed by atoms with Crippen molar-refractivity contribution in [3.63, 3.8) is 0 Å². The SMILES string of the molecule is Cc1ccc(C(=O)Nc2nc(C)c(S(=O)(=O)Cl)s2)cc1Cl. The number of aryl methyl sites for hydroxylation is 2. The van der Waals surface area contributed by atoms with E-state index in [9.17, 15) is 13.2 Å². The number of carbonyl (C=O) groups excluding carboxylic acids is 1. The highest BCUT2D eigenvalue weighted by atomic mass is 35.7. The van der Waals surface area contributed by atoms with Crippen molar-refractivity contribution in [1.82, 2.24) is 4.98 Å². The number of thiazole rings is 1. The van der Waals surface area contributed by atoms with E-state index in [1.807, 2.05) is 6.92 Å². The molecule has 1 amide bonds. The summed E-state index contributed by atoms with van der Waals surface area (Å²) in [6.07, 6.45) is 0. The van der Waals surface area contributed by atoms with Gasteiger partial charge in [-0.3, -0.25) is 10.1 Å². The van der Waals surface area contributed by atoms with Crippen molar-refractivity contribution < 1.29 is 13.2 Å². The standard InChI is InChI=1S/C12H10Cl2N2O3S2/c1-6-3-4-8(5-9(6)13)10(17)16-12-15-7(2)11(20-12)21(14,18)19/h3-5H,1-2H3,(H,15,16,17). The number of carbonyl (C=O) groups is 1. The van der Waals surface area contributed by atoms with Crippen molar-refractivity contribution in [1.29, 1.82) is 0 Å². The third kappa shape index (κ3) is 3.74. The maximum atomic E-state index is 12.1. The number of rotatable bonds is 3. The summed E-state index contributed by atoms with van der Waals surface area (Å²) in [6, 6.07) is 4.88. The minimum absolute atomic E-state index is 0.0820. The minimum atomic E-state index is -3.87. The Morgan fingerprint density at radius 3 is 2.52 bits per heavy atom. The smallest absolute Gasteiger partial charge is 0.272 e. The van der Waals surface area contributed by atoms with Crippen LogP contribution in [-0.4, -0.2) is 19.3 Å². The van der Waals surface area contributed by atoms with Crippen LogP contribution in [0.5, 0.6) is 0 Å². The molecule has 0 unspecified atom stereocenters. The first kappa shape index (κ1) is 16.2. The van der Waals surface area contributed by atoms with Crippen LogP contribution in [0.25, 0.3) is 0 Å². The number of nitrogens with zero attached hydrogens (tertiary/aromatic N) is 1. The summed E-state index contributed by atoms with van der Waals surface area (Å²) in [5, 5.41) is 3.16. The van der Waals surface area contributed by atoms with E-state index in [-0.39, 0.29) is 15.0 Å². The number of hydrogen-bond donors (Lipinski definition) is 1. The van der Waals surface area contributed by atoms with Gasteiger partial charge in [-0.15, -0.1) is 0 Å². The Morgan fingerprint density at radius 1 is 1.33 bits per heavy atom. The fraction of sp³-hybridized carbons (Fsp3) is 0.167. The van der Waals surface area contributed by atoms with Crippen LogP contribution in [0.4, 0.5) is 5.13 Å². The second kappa shape index (κ2) is 5.92. The lowest BCUT2D eigenvalue weighted by atomic mass is 10.1. The molecule has 21 heavy (non-hydrogen) atoms. The van der Waals surface area contributed by atoms with Gasteiger partial charge in [0.25, 0.3) is 15.0 Å². The molecule has 2 rings (SSSR count). The fourth-order valence-electron chi connectivity index (χ4n) is 1.57. The quantitative estimate of drug-likeness (QED) is 0.844. The molecule has 0 bridgehead atoms. The summed E-state index contributed by atoms with van der Waals surface area (Å²) in [5.74, 6) is -0.427. The van der Waals surface area contributed by atoms with Crippen LogP contribution in [0.2, 0.25) is 5.02 Å². The maximum Gasteiger partial charge on any atom is 0.272 e. The molecule has 0 aliphatic heterocycles. The van der Waals surface area contributed by atoms with E-state index < -0.39 is 15.0 Å². The van der Waals surface area contributed by atoms with Gasteiger partial charge < -0.3 is 0 Å². The molecule has 0 atom stereocenters. The Balaban J connectivity index is 2.26. The molecule has 1 N–H and O–H groups in total. The fourth-order valence-corrected chi connectivity index (χ4v) is 4.09. The first-order chi connectivity index (χ1) is 9.68. The molecule has 0 saturated heterocycles. The van der Waals surface area contributed by atoms with Crippen molar-refractivity contribution in [3.05, 3.63) is 40.0 Å². The monoisotopic (exact) mass is 364 g/mol. The zero-order valence-corrected chi connectivity index (χ0v) is 14.1. The average molecular weight is 365 g/mol. The van der Waals surface area contributed by atoms with Crippen LogP contribution in [0.1, 0.15) is 21.6 Å². The largest absolute Gasteiger partial charge is 0.298 e. The predicted molar refractivity (Wildman–Crippen MR) is 84.0 cm³/mol. The van der Waals surface area contributed by atoms with E-state index in [0.717, 1.165) is 16.9 Å². The van der Waals surface area contributed by atoms with Crippen molar-refractivity contribution >= 4 is 53.7 Å². The molecule has 1 aromatic carbocycles. The Kier molecular flexibility index (Phi) is 4.57. The van der Waals surface area contributed by atoms with Crippen LogP contribution in [-0.2, 0) is 9.05 Å². The molecule has 5 nitrogen and oxygen atoms in total. The van der Waals surface area contributed by atoms with Gasteiger partial charge in [0.05, 0.1) is 5.69 Å². The van der Waals surface area contributed by atoms with E-state index in [4.69, 9.17) is 22.3 Å². The third-order valence-corrected chi connectivity index (χ3v) is 6.29.